The second-order valence-corrected chi connectivity index (χ2v) is 4.86. The highest BCUT2D eigenvalue weighted by Crippen LogP contribution is 2.54. The predicted molar refractivity (Wildman–Crippen MR) is 72.7 cm³/mol. The van der Waals surface area contributed by atoms with Crippen molar-refractivity contribution in [2.24, 2.45) is 5.92 Å². The van der Waals surface area contributed by atoms with Crippen LogP contribution in [0.2, 0.25) is 0 Å². The topological polar surface area (TPSA) is 0 Å². The van der Waals surface area contributed by atoms with Gasteiger partial charge in [-0.25, -0.2) is 4.39 Å². The highest BCUT2D eigenvalue weighted by Gasteiger charge is 2.41. The molecule has 3 rings (SSSR count). The maximum absolute atomic E-state index is 13.7. The van der Waals surface area contributed by atoms with Crippen LogP contribution >= 0.6 is 0 Å². The fourth-order valence-corrected chi connectivity index (χ4v) is 2.57. The fraction of sp³-hybridized carbons (Fsp3) is 0.176. The van der Waals surface area contributed by atoms with Gasteiger partial charge in [0.1, 0.15) is 5.82 Å². The van der Waals surface area contributed by atoms with Gasteiger partial charge in [0.15, 0.2) is 0 Å². The summed E-state index contributed by atoms with van der Waals surface area (Å²) in [6, 6.07) is 17.2. The van der Waals surface area contributed by atoms with Gasteiger partial charge < -0.3 is 0 Å². The van der Waals surface area contributed by atoms with Crippen molar-refractivity contribution in [3.05, 3.63) is 78.1 Å². The van der Waals surface area contributed by atoms with E-state index >= 15 is 0 Å². The van der Waals surface area contributed by atoms with Crippen molar-refractivity contribution in [2.75, 3.05) is 0 Å². The molecule has 1 aliphatic carbocycles. The molecule has 90 valence electrons. The van der Waals surface area contributed by atoms with Crippen LogP contribution in [-0.2, 0) is 0 Å². The van der Waals surface area contributed by atoms with Gasteiger partial charge in [0.05, 0.1) is 0 Å². The van der Waals surface area contributed by atoms with E-state index < -0.39 is 0 Å². The van der Waals surface area contributed by atoms with E-state index in [0.29, 0.717) is 11.8 Å². The molecule has 0 N–H and O–H groups in total. The van der Waals surface area contributed by atoms with E-state index in [1.54, 1.807) is 6.07 Å². The molecule has 1 saturated carbocycles. The summed E-state index contributed by atoms with van der Waals surface area (Å²) in [7, 11) is 0. The number of allylic oxidation sites excluding steroid dienone is 1. The molecule has 0 heterocycles. The minimum Gasteiger partial charge on any atom is -0.207 e. The summed E-state index contributed by atoms with van der Waals surface area (Å²) in [5, 5.41) is 0. The third-order valence-electron chi connectivity index (χ3n) is 3.69. The van der Waals surface area contributed by atoms with Gasteiger partial charge in [-0.1, -0.05) is 55.1 Å². The molecule has 2 aromatic carbocycles. The summed E-state index contributed by atoms with van der Waals surface area (Å²) < 4.78 is 13.7. The fourth-order valence-electron chi connectivity index (χ4n) is 2.57. The van der Waals surface area contributed by atoms with Crippen molar-refractivity contribution >= 4 is 5.57 Å². The Labute approximate surface area is 107 Å². The molecule has 1 aliphatic rings. The Bertz CT molecular complexity index is 571. The lowest BCUT2D eigenvalue weighted by molar-refractivity contribution is 0.609. The maximum Gasteiger partial charge on any atom is 0.126 e. The Hall–Kier alpha value is -1.89. The third-order valence-corrected chi connectivity index (χ3v) is 3.69. The van der Waals surface area contributed by atoms with Gasteiger partial charge in [-0.2, -0.15) is 0 Å². The normalized spacial score (nSPS) is 21.6. The minimum absolute atomic E-state index is 0.0918. The van der Waals surface area contributed by atoms with Gasteiger partial charge in [-0.3, -0.25) is 0 Å². The zero-order chi connectivity index (χ0) is 12.5. The van der Waals surface area contributed by atoms with Crippen molar-refractivity contribution in [1.29, 1.82) is 0 Å². The Balaban J connectivity index is 1.79. The van der Waals surface area contributed by atoms with Crippen LogP contribution < -0.4 is 0 Å². The van der Waals surface area contributed by atoms with Gasteiger partial charge in [0, 0.05) is 0 Å². The van der Waals surface area contributed by atoms with Crippen LogP contribution in [0, 0.1) is 11.7 Å². The maximum atomic E-state index is 13.7. The highest BCUT2D eigenvalue weighted by atomic mass is 19.1. The van der Waals surface area contributed by atoms with E-state index in [-0.39, 0.29) is 5.82 Å². The summed E-state index contributed by atoms with van der Waals surface area (Å²) >= 11 is 0. The van der Waals surface area contributed by atoms with Gasteiger partial charge in [-0.05, 0) is 41.0 Å². The predicted octanol–water partition coefficient (Wildman–Crippen LogP) is 4.64. The molecule has 0 saturated heterocycles. The van der Waals surface area contributed by atoms with E-state index in [4.69, 9.17) is 0 Å². The lowest BCUT2D eigenvalue weighted by Gasteiger charge is -2.06. The van der Waals surface area contributed by atoms with E-state index in [1.165, 1.54) is 11.6 Å². The largest absolute Gasteiger partial charge is 0.207 e. The monoisotopic (exact) mass is 238 g/mol. The van der Waals surface area contributed by atoms with Crippen LogP contribution in [0.3, 0.4) is 0 Å². The first-order valence-electron chi connectivity index (χ1n) is 6.26. The first-order chi connectivity index (χ1) is 8.77. The Morgan fingerprint density at radius 1 is 1.00 bits per heavy atom. The van der Waals surface area contributed by atoms with Gasteiger partial charge in [-0.15, -0.1) is 0 Å². The molecule has 0 radical (unpaired) electrons. The first kappa shape index (κ1) is 11.2. The number of rotatable bonds is 3. The van der Waals surface area contributed by atoms with Crippen LogP contribution in [0.5, 0.6) is 0 Å². The third kappa shape index (κ3) is 1.97. The van der Waals surface area contributed by atoms with Crippen molar-refractivity contribution in [3.8, 4) is 0 Å². The van der Waals surface area contributed by atoms with E-state index in [0.717, 1.165) is 17.6 Å². The molecule has 0 aromatic heterocycles. The van der Waals surface area contributed by atoms with E-state index in [1.807, 2.05) is 30.3 Å². The molecule has 2 atom stereocenters. The van der Waals surface area contributed by atoms with Crippen molar-refractivity contribution in [3.63, 3.8) is 0 Å². The van der Waals surface area contributed by atoms with Crippen LogP contribution in [-0.4, -0.2) is 0 Å². The standard InChI is InChI=1S/C17H15F/c1-12(13-7-3-2-4-8-13)15-11-16(15)14-9-5-6-10-17(14)18/h2-10,15-16H,1,11H2/t15-,16-/m1/s1. The average Bonchev–Trinajstić information content (AvgIpc) is 3.20. The number of hydrogen-bond acceptors (Lipinski definition) is 0. The number of hydrogen-bond donors (Lipinski definition) is 0. The van der Waals surface area contributed by atoms with Crippen LogP contribution in [0.25, 0.3) is 5.57 Å². The quantitative estimate of drug-likeness (QED) is 0.730. The molecule has 0 amide bonds. The molecule has 0 aliphatic heterocycles. The van der Waals surface area contributed by atoms with Crippen LogP contribution in [0.15, 0.2) is 61.2 Å². The summed E-state index contributed by atoms with van der Waals surface area (Å²) in [6.07, 6.45) is 1.01. The number of halogens is 1. The van der Waals surface area contributed by atoms with Gasteiger partial charge in [0.25, 0.3) is 0 Å². The summed E-state index contributed by atoms with van der Waals surface area (Å²) in [4.78, 5) is 0. The zero-order valence-corrected chi connectivity index (χ0v) is 10.1. The molecule has 0 unspecified atom stereocenters. The lowest BCUT2D eigenvalue weighted by atomic mass is 9.99. The molecule has 1 fully saturated rings. The van der Waals surface area contributed by atoms with Crippen molar-refractivity contribution < 1.29 is 4.39 Å². The Morgan fingerprint density at radius 2 is 1.67 bits per heavy atom. The average molecular weight is 238 g/mol. The Kier molecular flexibility index (Phi) is 2.75. The molecule has 0 bridgehead atoms. The lowest BCUT2D eigenvalue weighted by Crippen LogP contribution is -1.91. The SMILES string of the molecule is C=C(c1ccccc1)[C@H]1C[C@@H]1c1ccccc1F. The molecule has 0 spiro atoms. The summed E-state index contributed by atoms with van der Waals surface area (Å²) in [6.45, 7) is 4.17. The van der Waals surface area contributed by atoms with E-state index in [9.17, 15) is 4.39 Å². The Morgan fingerprint density at radius 3 is 2.39 bits per heavy atom. The molecular formula is C17H15F. The molecule has 1 heteroatoms. The second-order valence-electron chi connectivity index (χ2n) is 4.86. The smallest absolute Gasteiger partial charge is 0.126 e. The zero-order valence-electron chi connectivity index (χ0n) is 10.1. The van der Waals surface area contributed by atoms with Crippen LogP contribution in [0.4, 0.5) is 4.39 Å². The number of benzene rings is 2. The molecule has 0 nitrogen and oxygen atoms in total. The summed E-state index contributed by atoms with van der Waals surface area (Å²) in [5.74, 6) is 0.606. The van der Waals surface area contributed by atoms with Gasteiger partial charge in [0.2, 0.25) is 0 Å². The first-order valence-corrected chi connectivity index (χ1v) is 6.26. The highest BCUT2D eigenvalue weighted by molar-refractivity contribution is 5.69. The minimum atomic E-state index is -0.0918. The van der Waals surface area contributed by atoms with Gasteiger partial charge >= 0.3 is 0 Å². The van der Waals surface area contributed by atoms with Crippen molar-refractivity contribution in [2.45, 2.75) is 12.3 Å². The molecular weight excluding hydrogens is 223 g/mol. The van der Waals surface area contributed by atoms with Crippen molar-refractivity contribution in [1.82, 2.24) is 0 Å². The summed E-state index contributed by atoms with van der Waals surface area (Å²) in [5.41, 5.74) is 3.13. The van der Waals surface area contributed by atoms with E-state index in [2.05, 4.69) is 18.7 Å². The molecule has 18 heavy (non-hydrogen) atoms. The second kappa shape index (κ2) is 4.41. The molecule has 2 aromatic rings. The van der Waals surface area contributed by atoms with Crippen LogP contribution in [0.1, 0.15) is 23.5 Å².